The molecule has 0 unspecified atom stereocenters. The van der Waals surface area contributed by atoms with Crippen LogP contribution in [0, 0.1) is 0 Å². The molecular weight excluding hydrogens is 232 g/mol. The molecule has 1 aromatic heterocycles. The van der Waals surface area contributed by atoms with Gasteiger partial charge in [-0.25, -0.2) is 14.8 Å². The number of hydrogen-bond donors (Lipinski definition) is 1. The Morgan fingerprint density at radius 1 is 1.50 bits per heavy atom. The topological polar surface area (TPSA) is 81.3 Å². The number of anilines is 1. The number of rotatable bonds is 1. The van der Waals surface area contributed by atoms with Gasteiger partial charge in [-0.3, -0.25) is 0 Å². The second kappa shape index (κ2) is 4.44. The largest absolute Gasteiger partial charge is 0.444 e. The molecular formula is C12H18N4O2. The van der Waals surface area contributed by atoms with Crippen LogP contribution < -0.4 is 5.73 Å². The molecule has 1 amide bonds. The minimum absolute atomic E-state index is 0.225. The maximum absolute atomic E-state index is 11.7. The molecule has 2 N–H and O–H groups in total. The van der Waals surface area contributed by atoms with Gasteiger partial charge in [-0.1, -0.05) is 0 Å². The number of aromatic nitrogens is 2. The van der Waals surface area contributed by atoms with Gasteiger partial charge in [0.25, 0.3) is 0 Å². The maximum Gasteiger partial charge on any atom is 0.410 e. The van der Waals surface area contributed by atoms with Crippen molar-refractivity contribution in [2.75, 3.05) is 18.8 Å². The standard InChI is InChI=1S/C12H18N4O2/c1-12(2,3)18-11(17)16-6-8(7-16)9-4-5-14-10(13)15-9/h4-5,8H,6-7H2,1-3H3,(H2,13,14,15). The van der Waals surface area contributed by atoms with Gasteiger partial charge in [-0.15, -0.1) is 0 Å². The van der Waals surface area contributed by atoms with Gasteiger partial charge in [-0.05, 0) is 26.8 Å². The molecule has 0 aromatic carbocycles. The lowest BCUT2D eigenvalue weighted by Gasteiger charge is -2.39. The number of amides is 1. The number of likely N-dealkylation sites (tertiary alicyclic amines) is 1. The minimum Gasteiger partial charge on any atom is -0.444 e. The SMILES string of the molecule is CC(C)(C)OC(=O)N1CC(c2ccnc(N)n2)C1. The molecule has 2 heterocycles. The van der Waals surface area contributed by atoms with Gasteiger partial charge >= 0.3 is 6.09 Å². The lowest BCUT2D eigenvalue weighted by Crippen LogP contribution is -2.50. The number of nitrogens with zero attached hydrogens (tertiary/aromatic N) is 3. The van der Waals surface area contributed by atoms with E-state index in [1.165, 1.54) is 0 Å². The molecule has 2 rings (SSSR count). The van der Waals surface area contributed by atoms with Crippen LogP contribution in [0.1, 0.15) is 32.4 Å². The summed E-state index contributed by atoms with van der Waals surface area (Å²) in [6.45, 7) is 6.80. The Kier molecular flexibility index (Phi) is 3.11. The average Bonchev–Trinajstić information content (AvgIpc) is 2.11. The Morgan fingerprint density at radius 3 is 2.72 bits per heavy atom. The molecule has 1 aliphatic rings. The fourth-order valence-electron chi connectivity index (χ4n) is 1.76. The number of nitrogen functional groups attached to an aromatic ring is 1. The van der Waals surface area contributed by atoms with Crippen molar-refractivity contribution in [3.05, 3.63) is 18.0 Å². The molecule has 1 aromatic rings. The number of nitrogens with two attached hydrogens (primary N) is 1. The summed E-state index contributed by atoms with van der Waals surface area (Å²) < 4.78 is 5.28. The summed E-state index contributed by atoms with van der Waals surface area (Å²) in [7, 11) is 0. The molecule has 98 valence electrons. The van der Waals surface area contributed by atoms with Gasteiger partial charge in [0.1, 0.15) is 5.60 Å². The van der Waals surface area contributed by atoms with Crippen LogP contribution in [0.3, 0.4) is 0 Å². The number of carbonyl (C=O) groups excluding carboxylic acids is 1. The maximum atomic E-state index is 11.7. The molecule has 1 saturated heterocycles. The Labute approximate surface area is 106 Å². The van der Waals surface area contributed by atoms with E-state index in [2.05, 4.69) is 9.97 Å². The first-order valence-corrected chi connectivity index (χ1v) is 5.91. The molecule has 6 nitrogen and oxygen atoms in total. The molecule has 1 fully saturated rings. The summed E-state index contributed by atoms with van der Waals surface area (Å²) in [6.07, 6.45) is 1.36. The summed E-state index contributed by atoms with van der Waals surface area (Å²) in [4.78, 5) is 21.4. The van der Waals surface area contributed by atoms with E-state index in [0.29, 0.717) is 13.1 Å². The first kappa shape index (κ1) is 12.6. The first-order chi connectivity index (χ1) is 8.35. The van der Waals surface area contributed by atoms with E-state index in [-0.39, 0.29) is 18.0 Å². The molecule has 0 atom stereocenters. The predicted molar refractivity (Wildman–Crippen MR) is 67.0 cm³/mol. The number of carbonyl (C=O) groups is 1. The van der Waals surface area contributed by atoms with Gasteiger partial charge in [0.15, 0.2) is 0 Å². The molecule has 0 saturated carbocycles. The fraction of sp³-hybridized carbons (Fsp3) is 0.583. The van der Waals surface area contributed by atoms with Crippen molar-refractivity contribution in [3.8, 4) is 0 Å². The van der Waals surface area contributed by atoms with Crippen molar-refractivity contribution in [1.29, 1.82) is 0 Å². The van der Waals surface area contributed by atoms with Crippen molar-refractivity contribution in [3.63, 3.8) is 0 Å². The predicted octanol–water partition coefficient (Wildman–Crippen LogP) is 1.39. The highest BCUT2D eigenvalue weighted by Gasteiger charge is 2.35. The monoisotopic (exact) mass is 250 g/mol. The highest BCUT2D eigenvalue weighted by Crippen LogP contribution is 2.27. The van der Waals surface area contributed by atoms with Gasteiger partial charge in [0, 0.05) is 25.2 Å². The Hall–Kier alpha value is -1.85. The lowest BCUT2D eigenvalue weighted by molar-refractivity contribution is 0.00788. The zero-order chi connectivity index (χ0) is 13.3. The van der Waals surface area contributed by atoms with E-state index in [4.69, 9.17) is 10.5 Å². The van der Waals surface area contributed by atoms with E-state index in [0.717, 1.165) is 5.69 Å². The summed E-state index contributed by atoms with van der Waals surface area (Å²) in [5, 5.41) is 0. The average molecular weight is 250 g/mol. The summed E-state index contributed by atoms with van der Waals surface area (Å²) in [6, 6.07) is 1.83. The summed E-state index contributed by atoms with van der Waals surface area (Å²) in [5.41, 5.74) is 5.95. The zero-order valence-electron chi connectivity index (χ0n) is 10.9. The molecule has 6 heteroatoms. The molecule has 0 spiro atoms. The molecule has 18 heavy (non-hydrogen) atoms. The normalized spacial score (nSPS) is 16.3. The van der Waals surface area contributed by atoms with Crippen LogP contribution in [0.2, 0.25) is 0 Å². The van der Waals surface area contributed by atoms with Crippen LogP contribution in [0.15, 0.2) is 12.3 Å². The fourth-order valence-corrected chi connectivity index (χ4v) is 1.76. The third-order valence-electron chi connectivity index (χ3n) is 2.65. The number of ether oxygens (including phenoxy) is 1. The second-order valence-corrected chi connectivity index (χ2v) is 5.42. The zero-order valence-corrected chi connectivity index (χ0v) is 10.9. The lowest BCUT2D eigenvalue weighted by atomic mass is 9.97. The van der Waals surface area contributed by atoms with Crippen LogP contribution in [0.25, 0.3) is 0 Å². The van der Waals surface area contributed by atoms with Crippen LogP contribution in [-0.2, 0) is 4.74 Å². The quantitative estimate of drug-likeness (QED) is 0.814. The first-order valence-electron chi connectivity index (χ1n) is 5.91. The Bertz CT molecular complexity index is 450. The highest BCUT2D eigenvalue weighted by atomic mass is 16.6. The van der Waals surface area contributed by atoms with Crippen LogP contribution in [-0.4, -0.2) is 39.7 Å². The summed E-state index contributed by atoms with van der Waals surface area (Å²) in [5.74, 6) is 0.492. The van der Waals surface area contributed by atoms with Crippen LogP contribution in [0.5, 0.6) is 0 Å². The van der Waals surface area contributed by atoms with Crippen molar-refractivity contribution in [2.45, 2.75) is 32.3 Å². The van der Waals surface area contributed by atoms with E-state index in [1.807, 2.05) is 26.8 Å². The van der Waals surface area contributed by atoms with Crippen molar-refractivity contribution < 1.29 is 9.53 Å². The third-order valence-corrected chi connectivity index (χ3v) is 2.65. The van der Waals surface area contributed by atoms with Gasteiger partial charge in [0.2, 0.25) is 5.95 Å². The molecule has 1 aliphatic heterocycles. The summed E-state index contributed by atoms with van der Waals surface area (Å²) >= 11 is 0. The molecule has 0 bridgehead atoms. The van der Waals surface area contributed by atoms with E-state index < -0.39 is 5.60 Å². The van der Waals surface area contributed by atoms with Crippen molar-refractivity contribution in [2.24, 2.45) is 0 Å². The molecule has 0 radical (unpaired) electrons. The van der Waals surface area contributed by atoms with Gasteiger partial charge in [0.05, 0.1) is 5.69 Å². The van der Waals surface area contributed by atoms with Crippen molar-refractivity contribution >= 4 is 12.0 Å². The smallest absolute Gasteiger partial charge is 0.410 e. The van der Waals surface area contributed by atoms with Crippen molar-refractivity contribution in [1.82, 2.24) is 14.9 Å². The second-order valence-electron chi connectivity index (χ2n) is 5.42. The third kappa shape index (κ3) is 2.88. The van der Waals surface area contributed by atoms with E-state index in [1.54, 1.807) is 11.1 Å². The van der Waals surface area contributed by atoms with Gasteiger partial charge in [-0.2, -0.15) is 0 Å². The van der Waals surface area contributed by atoms with Crippen LogP contribution in [0.4, 0.5) is 10.7 Å². The van der Waals surface area contributed by atoms with E-state index in [9.17, 15) is 4.79 Å². The molecule has 0 aliphatic carbocycles. The Balaban J connectivity index is 1.89. The Morgan fingerprint density at radius 2 is 2.17 bits per heavy atom. The minimum atomic E-state index is -0.457. The van der Waals surface area contributed by atoms with E-state index >= 15 is 0 Å². The highest BCUT2D eigenvalue weighted by molar-refractivity contribution is 5.69. The van der Waals surface area contributed by atoms with Crippen LogP contribution >= 0.6 is 0 Å². The number of hydrogen-bond acceptors (Lipinski definition) is 5. The van der Waals surface area contributed by atoms with Gasteiger partial charge < -0.3 is 15.4 Å².